The van der Waals surface area contributed by atoms with Crippen LogP contribution in [0.4, 0.5) is 4.79 Å². The first kappa shape index (κ1) is 17.5. The van der Waals surface area contributed by atoms with Gasteiger partial charge in [-0.15, -0.1) is 0 Å². The van der Waals surface area contributed by atoms with Gasteiger partial charge < -0.3 is 10.6 Å². The molecule has 1 aliphatic rings. The van der Waals surface area contributed by atoms with E-state index in [9.17, 15) is 4.79 Å². The summed E-state index contributed by atoms with van der Waals surface area (Å²) in [5, 5.41) is 10.2. The molecule has 1 aliphatic carbocycles. The average molecular weight is 341 g/mol. The van der Waals surface area contributed by atoms with E-state index in [4.69, 9.17) is 0 Å². The Balaban J connectivity index is 1.47. The van der Waals surface area contributed by atoms with Crippen molar-refractivity contribution in [3.63, 3.8) is 0 Å². The first-order valence-electron chi connectivity index (χ1n) is 8.91. The number of aromatic nitrogens is 2. The molecule has 2 N–H and O–H groups in total. The lowest BCUT2D eigenvalue weighted by molar-refractivity contribution is 0.222. The van der Waals surface area contributed by atoms with Crippen LogP contribution in [0.1, 0.15) is 30.9 Å². The minimum Gasteiger partial charge on any atom is -0.337 e. The predicted molar refractivity (Wildman–Crippen MR) is 98.3 cm³/mol. The fourth-order valence-corrected chi connectivity index (χ4v) is 2.92. The summed E-state index contributed by atoms with van der Waals surface area (Å²) < 4.78 is 1.88. The van der Waals surface area contributed by atoms with Crippen molar-refractivity contribution in [3.05, 3.63) is 53.9 Å². The molecule has 1 saturated carbocycles. The summed E-state index contributed by atoms with van der Waals surface area (Å²) >= 11 is 0. The lowest BCUT2D eigenvalue weighted by Gasteiger charge is -2.24. The van der Waals surface area contributed by atoms with Gasteiger partial charge in [0.1, 0.15) is 0 Å². The summed E-state index contributed by atoms with van der Waals surface area (Å²) in [7, 11) is 2.13. The molecule has 3 rings (SSSR count). The van der Waals surface area contributed by atoms with Crippen LogP contribution in [-0.2, 0) is 13.1 Å². The number of likely N-dealkylation sites (N-methyl/N-ethyl adjacent to an activating group) is 1. The van der Waals surface area contributed by atoms with Gasteiger partial charge in [-0.3, -0.25) is 9.58 Å². The molecule has 134 valence electrons. The minimum absolute atomic E-state index is 0.120. The molecule has 6 heteroatoms. The molecule has 2 aromatic rings. The van der Waals surface area contributed by atoms with E-state index >= 15 is 0 Å². The maximum atomic E-state index is 12.1. The van der Waals surface area contributed by atoms with E-state index in [0.717, 1.165) is 11.1 Å². The number of hydrogen-bond donors (Lipinski definition) is 2. The van der Waals surface area contributed by atoms with Gasteiger partial charge in [-0.1, -0.05) is 24.3 Å². The molecule has 1 heterocycles. The van der Waals surface area contributed by atoms with E-state index in [-0.39, 0.29) is 6.03 Å². The fraction of sp³-hybridized carbons (Fsp3) is 0.474. The third-order valence-corrected chi connectivity index (χ3v) is 4.83. The maximum Gasteiger partial charge on any atom is 0.315 e. The van der Waals surface area contributed by atoms with E-state index in [1.54, 1.807) is 6.20 Å². The summed E-state index contributed by atoms with van der Waals surface area (Å²) in [5.41, 5.74) is 2.27. The Morgan fingerprint density at radius 2 is 2.04 bits per heavy atom. The molecule has 25 heavy (non-hydrogen) atoms. The normalized spacial score (nSPS) is 15.2. The number of nitrogens with zero attached hydrogens (tertiary/aromatic N) is 3. The Morgan fingerprint density at radius 1 is 1.28 bits per heavy atom. The second-order valence-corrected chi connectivity index (χ2v) is 6.78. The molecule has 0 aliphatic heterocycles. The van der Waals surface area contributed by atoms with Crippen LogP contribution in [0, 0.1) is 0 Å². The molecule has 0 unspecified atom stereocenters. The molecule has 1 atom stereocenters. The Kier molecular flexibility index (Phi) is 5.71. The Bertz CT molecular complexity index is 681. The highest BCUT2D eigenvalue weighted by atomic mass is 16.2. The van der Waals surface area contributed by atoms with Crippen molar-refractivity contribution >= 4 is 6.03 Å². The number of carbonyl (C=O) groups excluding carboxylic acids is 1. The Labute approximate surface area is 149 Å². The Morgan fingerprint density at radius 3 is 2.72 bits per heavy atom. The van der Waals surface area contributed by atoms with Crippen LogP contribution in [0.5, 0.6) is 0 Å². The van der Waals surface area contributed by atoms with Gasteiger partial charge in [0.25, 0.3) is 0 Å². The lowest BCUT2D eigenvalue weighted by Crippen LogP contribution is -2.44. The summed E-state index contributed by atoms with van der Waals surface area (Å²) in [6.45, 7) is 4.03. The number of rotatable bonds is 8. The van der Waals surface area contributed by atoms with Gasteiger partial charge >= 0.3 is 6.03 Å². The molecule has 6 nitrogen and oxygen atoms in total. The summed E-state index contributed by atoms with van der Waals surface area (Å²) in [4.78, 5) is 14.4. The third-order valence-electron chi connectivity index (χ3n) is 4.83. The lowest BCUT2D eigenvalue weighted by atomic mass is 10.1. The van der Waals surface area contributed by atoms with Gasteiger partial charge in [-0.25, -0.2) is 4.79 Å². The van der Waals surface area contributed by atoms with E-state index in [1.807, 2.05) is 35.1 Å². The number of carbonyl (C=O) groups is 1. The molecule has 1 aromatic heterocycles. The second-order valence-electron chi connectivity index (χ2n) is 6.78. The molecule has 1 aromatic carbocycles. The van der Waals surface area contributed by atoms with Crippen molar-refractivity contribution in [2.45, 2.75) is 44.9 Å². The predicted octanol–water partition coefficient (Wildman–Crippen LogP) is 2.21. The van der Waals surface area contributed by atoms with Gasteiger partial charge in [-0.2, -0.15) is 5.10 Å². The largest absolute Gasteiger partial charge is 0.337 e. The third kappa shape index (κ3) is 5.06. The van der Waals surface area contributed by atoms with Gasteiger partial charge in [0.2, 0.25) is 0 Å². The summed E-state index contributed by atoms with van der Waals surface area (Å²) in [6, 6.07) is 11.0. The second kappa shape index (κ2) is 8.16. The fourth-order valence-electron chi connectivity index (χ4n) is 2.92. The SMILES string of the molecule is C[C@H](CNC(=O)NCc1ccccc1Cn1cccn1)N(C)C1CC1. The van der Waals surface area contributed by atoms with Crippen LogP contribution in [0.25, 0.3) is 0 Å². The quantitative estimate of drug-likeness (QED) is 0.774. The van der Waals surface area contributed by atoms with Gasteiger partial charge in [0, 0.05) is 37.6 Å². The zero-order valence-corrected chi connectivity index (χ0v) is 15.0. The van der Waals surface area contributed by atoms with Crippen molar-refractivity contribution < 1.29 is 4.79 Å². The highest BCUT2D eigenvalue weighted by molar-refractivity contribution is 5.73. The average Bonchev–Trinajstić information content (AvgIpc) is 3.35. The van der Waals surface area contributed by atoms with Crippen molar-refractivity contribution in [1.82, 2.24) is 25.3 Å². The van der Waals surface area contributed by atoms with Crippen LogP contribution >= 0.6 is 0 Å². The standard InChI is InChI=1S/C19H27N5O/c1-15(23(2)18-8-9-18)12-20-19(25)21-13-16-6-3-4-7-17(16)14-24-11-5-10-22-24/h3-7,10-11,15,18H,8-9,12-14H2,1-2H3,(H2,20,21,25)/t15-/m1/s1. The molecular weight excluding hydrogens is 314 g/mol. The van der Waals surface area contributed by atoms with Gasteiger partial charge in [0.05, 0.1) is 6.54 Å². The number of hydrogen-bond acceptors (Lipinski definition) is 3. The first-order chi connectivity index (χ1) is 12.1. The highest BCUT2D eigenvalue weighted by Crippen LogP contribution is 2.26. The highest BCUT2D eigenvalue weighted by Gasteiger charge is 2.29. The van der Waals surface area contributed by atoms with E-state index < -0.39 is 0 Å². The molecule has 0 radical (unpaired) electrons. The van der Waals surface area contributed by atoms with Gasteiger partial charge in [0.15, 0.2) is 0 Å². The molecular formula is C19H27N5O. The van der Waals surface area contributed by atoms with E-state index in [1.165, 1.54) is 12.8 Å². The van der Waals surface area contributed by atoms with Crippen LogP contribution in [0.2, 0.25) is 0 Å². The van der Waals surface area contributed by atoms with Crippen molar-refractivity contribution in [3.8, 4) is 0 Å². The van der Waals surface area contributed by atoms with E-state index in [0.29, 0.717) is 31.7 Å². The number of benzene rings is 1. The van der Waals surface area contributed by atoms with E-state index in [2.05, 4.69) is 40.7 Å². The smallest absolute Gasteiger partial charge is 0.315 e. The zero-order valence-electron chi connectivity index (χ0n) is 15.0. The molecule has 2 amide bonds. The topological polar surface area (TPSA) is 62.2 Å². The van der Waals surface area contributed by atoms with Crippen LogP contribution in [0.3, 0.4) is 0 Å². The number of urea groups is 1. The van der Waals surface area contributed by atoms with Crippen LogP contribution in [-0.4, -0.2) is 46.4 Å². The van der Waals surface area contributed by atoms with Crippen molar-refractivity contribution in [2.24, 2.45) is 0 Å². The summed E-state index contributed by atoms with van der Waals surface area (Å²) in [6.07, 6.45) is 6.27. The molecule has 0 bridgehead atoms. The first-order valence-corrected chi connectivity index (χ1v) is 8.91. The monoisotopic (exact) mass is 341 g/mol. The molecule has 0 saturated heterocycles. The maximum absolute atomic E-state index is 12.1. The molecule has 0 spiro atoms. The number of nitrogens with one attached hydrogen (secondary N) is 2. The zero-order chi connectivity index (χ0) is 17.6. The number of amides is 2. The molecule has 1 fully saturated rings. The van der Waals surface area contributed by atoms with Crippen molar-refractivity contribution in [1.29, 1.82) is 0 Å². The van der Waals surface area contributed by atoms with Crippen LogP contribution in [0.15, 0.2) is 42.7 Å². The Hall–Kier alpha value is -2.34. The minimum atomic E-state index is -0.120. The summed E-state index contributed by atoms with van der Waals surface area (Å²) in [5.74, 6) is 0. The van der Waals surface area contributed by atoms with Gasteiger partial charge in [-0.05, 0) is 44.0 Å². The van der Waals surface area contributed by atoms with Crippen molar-refractivity contribution in [2.75, 3.05) is 13.6 Å². The van der Waals surface area contributed by atoms with Crippen LogP contribution < -0.4 is 10.6 Å².